The quantitative estimate of drug-likeness (QED) is 0.531. The maximum atomic E-state index is 12.6. The molecule has 2 aromatic heterocycles. The molecule has 172 valence electrons. The molecule has 32 heavy (non-hydrogen) atoms. The predicted octanol–water partition coefficient (Wildman–Crippen LogP) is 2.86. The number of esters is 1. The number of carbonyl (C=O) groups excluding carboxylic acids is 4. The Morgan fingerprint density at radius 2 is 2.03 bits per heavy atom. The highest BCUT2D eigenvalue weighted by molar-refractivity contribution is 7.17. The van der Waals surface area contributed by atoms with Crippen molar-refractivity contribution in [2.24, 2.45) is 11.8 Å². The van der Waals surface area contributed by atoms with Crippen molar-refractivity contribution in [1.29, 1.82) is 0 Å². The maximum absolute atomic E-state index is 12.6. The molecule has 2 amide bonds. The number of hydrogen-bond donors (Lipinski definition) is 2. The minimum atomic E-state index is -0.499. The van der Waals surface area contributed by atoms with E-state index in [1.165, 1.54) is 22.7 Å². The third-order valence-electron chi connectivity index (χ3n) is 5.16. The Kier molecular flexibility index (Phi) is 8.08. The third kappa shape index (κ3) is 5.77. The summed E-state index contributed by atoms with van der Waals surface area (Å²) in [5.41, 5.74) is 0.827. The van der Waals surface area contributed by atoms with Gasteiger partial charge in [-0.15, -0.1) is 11.3 Å². The highest BCUT2D eigenvalue weighted by Gasteiger charge is 2.33. The average molecular weight is 479 g/mol. The highest BCUT2D eigenvalue weighted by Crippen LogP contribution is 2.32. The number of nitrogens with zero attached hydrogens (tertiary/aromatic N) is 2. The van der Waals surface area contributed by atoms with Crippen LogP contribution >= 0.6 is 22.7 Å². The Bertz CT molecular complexity index is 1020. The summed E-state index contributed by atoms with van der Waals surface area (Å²) in [6, 6.07) is 0. The van der Waals surface area contributed by atoms with Crippen LogP contribution in [0.25, 0.3) is 0 Å². The van der Waals surface area contributed by atoms with Crippen molar-refractivity contribution in [2.45, 2.75) is 46.5 Å². The number of ketones is 1. The third-order valence-corrected chi connectivity index (χ3v) is 7.12. The van der Waals surface area contributed by atoms with Gasteiger partial charge in [0, 0.05) is 37.1 Å². The van der Waals surface area contributed by atoms with E-state index < -0.39 is 11.9 Å². The summed E-state index contributed by atoms with van der Waals surface area (Å²) >= 11 is 2.50. The van der Waals surface area contributed by atoms with Crippen molar-refractivity contribution in [3.05, 3.63) is 26.7 Å². The Labute approximate surface area is 194 Å². The lowest BCUT2D eigenvalue weighted by atomic mass is 9.89. The van der Waals surface area contributed by atoms with Gasteiger partial charge < -0.3 is 15.4 Å². The standard InChI is InChI=1S/C21H26N4O5S2/c1-4-11(3)18(27)25-21-24-13-8-12(9-15(26)17(13)32-21)19(28)22-7-6-16-23-14(10-31-16)20(29)30-5-2/h10-12H,4-9H2,1-3H3,(H,22,28)(H,24,25,27)/t11-,12+/m1/s1. The van der Waals surface area contributed by atoms with E-state index in [-0.39, 0.29) is 42.2 Å². The number of aromatic nitrogens is 2. The lowest BCUT2D eigenvalue weighted by molar-refractivity contribution is -0.125. The van der Waals surface area contributed by atoms with Crippen LogP contribution < -0.4 is 10.6 Å². The maximum Gasteiger partial charge on any atom is 0.357 e. The monoisotopic (exact) mass is 478 g/mol. The Morgan fingerprint density at radius 1 is 1.25 bits per heavy atom. The molecular weight excluding hydrogens is 452 g/mol. The van der Waals surface area contributed by atoms with Crippen molar-refractivity contribution in [3.8, 4) is 0 Å². The van der Waals surface area contributed by atoms with E-state index in [2.05, 4.69) is 20.6 Å². The van der Waals surface area contributed by atoms with Gasteiger partial charge in [0.25, 0.3) is 0 Å². The van der Waals surface area contributed by atoms with Crippen LogP contribution in [0.15, 0.2) is 5.38 Å². The summed E-state index contributed by atoms with van der Waals surface area (Å²) in [5, 5.41) is 8.36. The number of rotatable bonds is 9. The molecule has 9 nitrogen and oxygen atoms in total. The minimum absolute atomic E-state index is 0.115. The van der Waals surface area contributed by atoms with E-state index in [1.807, 2.05) is 13.8 Å². The first kappa shape index (κ1) is 24.0. The first-order valence-electron chi connectivity index (χ1n) is 10.5. The molecule has 2 heterocycles. The van der Waals surface area contributed by atoms with Crippen LogP contribution in [0.5, 0.6) is 0 Å². The van der Waals surface area contributed by atoms with Crippen LogP contribution in [0, 0.1) is 11.8 Å². The van der Waals surface area contributed by atoms with Gasteiger partial charge in [-0.2, -0.15) is 0 Å². The summed E-state index contributed by atoms with van der Waals surface area (Å²) in [6.45, 7) is 6.12. The van der Waals surface area contributed by atoms with Crippen molar-refractivity contribution >= 4 is 51.4 Å². The Morgan fingerprint density at radius 3 is 2.75 bits per heavy atom. The zero-order valence-corrected chi connectivity index (χ0v) is 19.9. The highest BCUT2D eigenvalue weighted by atomic mass is 32.1. The first-order chi connectivity index (χ1) is 15.3. The molecule has 3 rings (SSSR count). The van der Waals surface area contributed by atoms with Crippen molar-refractivity contribution in [2.75, 3.05) is 18.5 Å². The van der Waals surface area contributed by atoms with Gasteiger partial charge in [0.1, 0.15) is 0 Å². The van der Waals surface area contributed by atoms with E-state index in [1.54, 1.807) is 12.3 Å². The fourth-order valence-electron chi connectivity index (χ4n) is 3.14. The average Bonchev–Trinajstić information content (AvgIpc) is 3.40. The number of carbonyl (C=O) groups is 4. The fourth-order valence-corrected chi connectivity index (χ4v) is 4.86. The lowest BCUT2D eigenvalue weighted by Gasteiger charge is -2.19. The van der Waals surface area contributed by atoms with Crippen LogP contribution in [0.4, 0.5) is 5.13 Å². The molecule has 2 atom stereocenters. The molecule has 0 radical (unpaired) electrons. The number of nitrogens with one attached hydrogen (secondary N) is 2. The largest absolute Gasteiger partial charge is 0.461 e. The molecule has 0 aliphatic heterocycles. The second-order valence-electron chi connectivity index (χ2n) is 7.51. The summed E-state index contributed by atoms with van der Waals surface area (Å²) < 4.78 is 4.92. The van der Waals surface area contributed by atoms with Gasteiger partial charge in [-0.3, -0.25) is 14.4 Å². The van der Waals surface area contributed by atoms with Gasteiger partial charge in [-0.1, -0.05) is 25.2 Å². The number of amides is 2. The number of fused-ring (bicyclic) bond motifs is 1. The molecule has 11 heteroatoms. The fraction of sp³-hybridized carbons (Fsp3) is 0.524. The van der Waals surface area contributed by atoms with Crippen LogP contribution in [0.3, 0.4) is 0 Å². The molecule has 0 unspecified atom stereocenters. The van der Waals surface area contributed by atoms with Crippen LogP contribution in [-0.2, 0) is 27.2 Å². The van der Waals surface area contributed by atoms with Crippen molar-refractivity contribution in [1.82, 2.24) is 15.3 Å². The molecule has 2 aromatic rings. The van der Waals surface area contributed by atoms with Gasteiger partial charge in [-0.05, 0) is 13.3 Å². The van der Waals surface area contributed by atoms with Crippen molar-refractivity contribution < 1.29 is 23.9 Å². The predicted molar refractivity (Wildman–Crippen MR) is 121 cm³/mol. The normalized spacial score (nSPS) is 16.2. The molecule has 0 aromatic carbocycles. The van der Waals surface area contributed by atoms with Crippen molar-refractivity contribution in [3.63, 3.8) is 0 Å². The molecular formula is C21H26N4O5S2. The number of ether oxygens (including phenoxy) is 1. The van der Waals surface area contributed by atoms with Crippen LogP contribution in [0.1, 0.15) is 64.5 Å². The second-order valence-corrected chi connectivity index (χ2v) is 9.45. The number of hydrogen-bond acceptors (Lipinski definition) is 9. The summed E-state index contributed by atoms with van der Waals surface area (Å²) in [4.78, 5) is 58.0. The first-order valence-corrected chi connectivity index (χ1v) is 12.2. The van der Waals surface area contributed by atoms with Gasteiger partial charge in [-0.25, -0.2) is 14.8 Å². The van der Waals surface area contributed by atoms with Gasteiger partial charge in [0.05, 0.1) is 28.1 Å². The Hall–Kier alpha value is -2.66. The number of thiazole rings is 2. The van der Waals surface area contributed by atoms with Crippen LogP contribution in [0.2, 0.25) is 0 Å². The van der Waals surface area contributed by atoms with E-state index in [0.29, 0.717) is 41.5 Å². The Balaban J connectivity index is 1.53. The molecule has 0 fully saturated rings. The topological polar surface area (TPSA) is 127 Å². The van der Waals surface area contributed by atoms with E-state index in [4.69, 9.17) is 4.74 Å². The zero-order chi connectivity index (χ0) is 23.3. The minimum Gasteiger partial charge on any atom is -0.461 e. The molecule has 2 N–H and O–H groups in total. The smallest absolute Gasteiger partial charge is 0.357 e. The molecule has 1 aliphatic rings. The summed E-state index contributed by atoms with van der Waals surface area (Å²) in [7, 11) is 0. The molecule has 0 saturated heterocycles. The summed E-state index contributed by atoms with van der Waals surface area (Å²) in [6.07, 6.45) is 1.66. The van der Waals surface area contributed by atoms with Crippen LogP contribution in [-0.4, -0.2) is 46.7 Å². The molecule has 0 bridgehead atoms. The summed E-state index contributed by atoms with van der Waals surface area (Å²) in [5.74, 6) is -1.58. The van der Waals surface area contributed by atoms with Gasteiger partial charge in [0.2, 0.25) is 11.8 Å². The lowest BCUT2D eigenvalue weighted by Crippen LogP contribution is -2.36. The number of anilines is 1. The second kappa shape index (κ2) is 10.8. The molecule has 1 aliphatic carbocycles. The SMILES string of the molecule is CCOC(=O)c1csc(CCNC(=O)[C@@H]2CC(=O)c3sc(NC(=O)[C@H](C)CC)nc3C2)n1. The van der Waals surface area contributed by atoms with E-state index in [0.717, 1.165) is 5.01 Å². The zero-order valence-electron chi connectivity index (χ0n) is 18.2. The molecule has 0 spiro atoms. The molecule has 0 saturated carbocycles. The van der Waals surface area contributed by atoms with Gasteiger partial charge in [0.15, 0.2) is 16.6 Å². The van der Waals surface area contributed by atoms with E-state index in [9.17, 15) is 19.2 Å². The number of Topliss-reactive ketones (excluding diaryl/α,β-unsaturated/α-hetero) is 1. The van der Waals surface area contributed by atoms with Gasteiger partial charge >= 0.3 is 5.97 Å². The van der Waals surface area contributed by atoms with E-state index >= 15 is 0 Å².